The topological polar surface area (TPSA) is 29.1 Å². The van der Waals surface area contributed by atoms with E-state index >= 15 is 0 Å². The molecule has 0 aliphatic carbocycles. The van der Waals surface area contributed by atoms with E-state index in [9.17, 15) is 4.79 Å². The molecule has 0 unspecified atom stereocenters. The lowest BCUT2D eigenvalue weighted by Crippen LogP contribution is -2.25. The molecule has 88 valence electrons. The highest BCUT2D eigenvalue weighted by Crippen LogP contribution is 2.12. The van der Waals surface area contributed by atoms with Crippen molar-refractivity contribution < 1.29 is 4.79 Å². The lowest BCUT2D eigenvalue weighted by atomic mass is 10.1. The second-order valence-electron chi connectivity index (χ2n) is 4.20. The van der Waals surface area contributed by atoms with Gasteiger partial charge in [-0.2, -0.15) is 0 Å². The first-order valence-electron chi connectivity index (χ1n) is 5.57. The number of rotatable bonds is 6. The summed E-state index contributed by atoms with van der Waals surface area (Å²) in [6.07, 6.45) is 1.13. The Morgan fingerprint density at radius 1 is 1.44 bits per heavy atom. The minimum absolute atomic E-state index is 0.284. The van der Waals surface area contributed by atoms with Gasteiger partial charge in [-0.3, -0.25) is 4.79 Å². The molecule has 1 N–H and O–H groups in total. The highest BCUT2D eigenvalue weighted by Gasteiger charge is 2.04. The number of benzene rings is 1. The fraction of sp³-hybridized carbons (Fsp3) is 0.462. The van der Waals surface area contributed by atoms with Gasteiger partial charge in [-0.1, -0.05) is 41.9 Å². The SMILES string of the molecule is CC(C)NCCC(=O)Cc1cccc(Br)c1. The lowest BCUT2D eigenvalue weighted by Gasteiger charge is -2.07. The van der Waals surface area contributed by atoms with E-state index in [1.165, 1.54) is 0 Å². The monoisotopic (exact) mass is 283 g/mol. The van der Waals surface area contributed by atoms with Crippen molar-refractivity contribution in [1.82, 2.24) is 5.32 Å². The minimum atomic E-state index is 0.284. The average Bonchev–Trinajstić information content (AvgIpc) is 2.16. The maximum atomic E-state index is 11.6. The fourth-order valence-corrected chi connectivity index (χ4v) is 1.91. The van der Waals surface area contributed by atoms with E-state index in [1.54, 1.807) is 0 Å². The van der Waals surface area contributed by atoms with Gasteiger partial charge in [-0.05, 0) is 17.7 Å². The molecule has 0 bridgehead atoms. The summed E-state index contributed by atoms with van der Waals surface area (Å²) in [5, 5.41) is 3.24. The molecular weight excluding hydrogens is 266 g/mol. The Kier molecular flexibility index (Phi) is 5.71. The zero-order chi connectivity index (χ0) is 12.0. The van der Waals surface area contributed by atoms with Crippen LogP contribution in [0.1, 0.15) is 25.8 Å². The second kappa shape index (κ2) is 6.81. The van der Waals surface area contributed by atoms with Gasteiger partial charge in [0.1, 0.15) is 5.78 Å². The number of nitrogens with one attached hydrogen (secondary N) is 1. The molecule has 0 radical (unpaired) electrons. The van der Waals surface area contributed by atoms with E-state index in [-0.39, 0.29) is 5.78 Å². The number of carbonyl (C=O) groups excluding carboxylic acids is 1. The Morgan fingerprint density at radius 3 is 2.81 bits per heavy atom. The molecule has 0 amide bonds. The van der Waals surface area contributed by atoms with Crippen LogP contribution in [0.5, 0.6) is 0 Å². The van der Waals surface area contributed by atoms with E-state index in [0.717, 1.165) is 16.6 Å². The zero-order valence-corrected chi connectivity index (χ0v) is 11.4. The summed E-state index contributed by atoms with van der Waals surface area (Å²) in [5.41, 5.74) is 1.07. The lowest BCUT2D eigenvalue weighted by molar-refractivity contribution is -0.118. The van der Waals surface area contributed by atoms with Gasteiger partial charge in [0.25, 0.3) is 0 Å². The third kappa shape index (κ3) is 5.42. The number of ketones is 1. The minimum Gasteiger partial charge on any atom is -0.314 e. The molecule has 0 heterocycles. The Balaban J connectivity index is 2.34. The summed E-state index contributed by atoms with van der Waals surface area (Å²) in [4.78, 5) is 11.6. The molecule has 0 aliphatic rings. The van der Waals surface area contributed by atoms with Gasteiger partial charge in [0.05, 0.1) is 0 Å². The van der Waals surface area contributed by atoms with E-state index in [1.807, 2.05) is 24.3 Å². The van der Waals surface area contributed by atoms with E-state index in [0.29, 0.717) is 18.9 Å². The van der Waals surface area contributed by atoms with Crippen LogP contribution >= 0.6 is 15.9 Å². The molecular formula is C13H18BrNO. The summed E-state index contributed by atoms with van der Waals surface area (Å²) >= 11 is 3.40. The summed E-state index contributed by atoms with van der Waals surface area (Å²) in [7, 11) is 0. The van der Waals surface area contributed by atoms with Crippen molar-refractivity contribution in [3.8, 4) is 0 Å². The largest absolute Gasteiger partial charge is 0.314 e. The van der Waals surface area contributed by atoms with E-state index in [2.05, 4.69) is 35.1 Å². The van der Waals surface area contributed by atoms with Gasteiger partial charge in [-0.25, -0.2) is 0 Å². The Morgan fingerprint density at radius 2 is 2.19 bits per heavy atom. The standard InChI is InChI=1S/C13H18BrNO/c1-10(2)15-7-6-13(16)9-11-4-3-5-12(14)8-11/h3-5,8,10,15H,6-7,9H2,1-2H3. The van der Waals surface area contributed by atoms with E-state index in [4.69, 9.17) is 0 Å². The highest BCUT2D eigenvalue weighted by molar-refractivity contribution is 9.10. The highest BCUT2D eigenvalue weighted by atomic mass is 79.9. The van der Waals surface area contributed by atoms with Crippen LogP contribution in [0.15, 0.2) is 28.7 Å². The molecule has 0 saturated heterocycles. The van der Waals surface area contributed by atoms with Crippen LogP contribution in [0.4, 0.5) is 0 Å². The van der Waals surface area contributed by atoms with Gasteiger partial charge in [0.15, 0.2) is 0 Å². The van der Waals surface area contributed by atoms with Crippen LogP contribution in [-0.2, 0) is 11.2 Å². The van der Waals surface area contributed by atoms with Crippen LogP contribution in [0.2, 0.25) is 0 Å². The maximum absolute atomic E-state index is 11.6. The van der Waals surface area contributed by atoms with Crippen molar-refractivity contribution in [3.05, 3.63) is 34.3 Å². The quantitative estimate of drug-likeness (QED) is 0.870. The fourth-order valence-electron chi connectivity index (χ4n) is 1.46. The first kappa shape index (κ1) is 13.4. The molecule has 1 rings (SSSR count). The van der Waals surface area contributed by atoms with E-state index < -0.39 is 0 Å². The Hall–Kier alpha value is -0.670. The third-order valence-electron chi connectivity index (χ3n) is 2.25. The van der Waals surface area contributed by atoms with Gasteiger partial charge in [-0.15, -0.1) is 0 Å². The molecule has 3 heteroatoms. The average molecular weight is 284 g/mol. The van der Waals surface area contributed by atoms with Gasteiger partial charge >= 0.3 is 0 Å². The van der Waals surface area contributed by atoms with Crippen LogP contribution in [0, 0.1) is 0 Å². The molecule has 1 aromatic rings. The van der Waals surface area contributed by atoms with Crippen molar-refractivity contribution in [1.29, 1.82) is 0 Å². The van der Waals surface area contributed by atoms with Crippen molar-refractivity contribution in [2.45, 2.75) is 32.7 Å². The Labute approximate surface area is 106 Å². The number of hydrogen-bond donors (Lipinski definition) is 1. The number of carbonyl (C=O) groups is 1. The van der Waals surface area contributed by atoms with Crippen LogP contribution in [0.3, 0.4) is 0 Å². The predicted molar refractivity (Wildman–Crippen MR) is 70.6 cm³/mol. The van der Waals surface area contributed by atoms with Gasteiger partial charge < -0.3 is 5.32 Å². The van der Waals surface area contributed by atoms with Gasteiger partial charge in [0, 0.05) is 29.9 Å². The summed E-state index contributed by atoms with van der Waals surface area (Å²) in [6.45, 7) is 4.93. The van der Waals surface area contributed by atoms with Crippen LogP contribution < -0.4 is 5.32 Å². The molecule has 0 fully saturated rings. The normalized spacial score (nSPS) is 10.8. The summed E-state index contributed by atoms with van der Waals surface area (Å²) < 4.78 is 1.03. The molecule has 0 spiro atoms. The molecule has 16 heavy (non-hydrogen) atoms. The molecule has 2 nitrogen and oxygen atoms in total. The Bertz CT molecular complexity index is 350. The smallest absolute Gasteiger partial charge is 0.138 e. The van der Waals surface area contributed by atoms with Crippen LogP contribution in [0.25, 0.3) is 0 Å². The summed E-state index contributed by atoms with van der Waals surface area (Å²) in [5.74, 6) is 0.284. The van der Waals surface area contributed by atoms with Crippen molar-refractivity contribution in [2.75, 3.05) is 6.54 Å². The maximum Gasteiger partial charge on any atom is 0.138 e. The number of halogens is 1. The zero-order valence-electron chi connectivity index (χ0n) is 9.79. The van der Waals surface area contributed by atoms with Crippen molar-refractivity contribution >= 4 is 21.7 Å². The first-order chi connectivity index (χ1) is 7.58. The van der Waals surface area contributed by atoms with Crippen molar-refractivity contribution in [2.24, 2.45) is 0 Å². The molecule has 0 aromatic heterocycles. The second-order valence-corrected chi connectivity index (χ2v) is 5.12. The number of hydrogen-bond acceptors (Lipinski definition) is 2. The summed E-state index contributed by atoms with van der Waals surface area (Å²) in [6, 6.07) is 8.35. The molecule has 0 saturated carbocycles. The molecule has 1 aromatic carbocycles. The molecule has 0 atom stereocenters. The van der Waals surface area contributed by atoms with Gasteiger partial charge in [0.2, 0.25) is 0 Å². The van der Waals surface area contributed by atoms with Crippen LogP contribution in [-0.4, -0.2) is 18.4 Å². The van der Waals surface area contributed by atoms with Crippen molar-refractivity contribution in [3.63, 3.8) is 0 Å². The third-order valence-corrected chi connectivity index (χ3v) is 2.74. The number of Topliss-reactive ketones (excluding diaryl/α,β-unsaturated/α-hetero) is 1. The molecule has 0 aliphatic heterocycles. The first-order valence-corrected chi connectivity index (χ1v) is 6.37. The predicted octanol–water partition coefficient (Wildman–Crippen LogP) is 2.95.